The topological polar surface area (TPSA) is 101 Å². The van der Waals surface area contributed by atoms with Crippen molar-refractivity contribution in [3.63, 3.8) is 0 Å². The Labute approximate surface area is 135 Å². The predicted octanol–water partition coefficient (Wildman–Crippen LogP) is 2.75. The number of benzene rings is 1. The van der Waals surface area contributed by atoms with E-state index in [2.05, 4.69) is 0 Å². The van der Waals surface area contributed by atoms with Crippen LogP contribution in [0.25, 0.3) is 0 Å². The van der Waals surface area contributed by atoms with E-state index in [0.717, 1.165) is 0 Å². The maximum atomic E-state index is 12.4. The van der Waals surface area contributed by atoms with E-state index in [1.165, 1.54) is 17.0 Å². The molecule has 0 unspecified atom stereocenters. The molecule has 126 valence electrons. The lowest BCUT2D eigenvalue weighted by Crippen LogP contribution is -2.37. The molecule has 0 aromatic heterocycles. The molecule has 1 N–H and O–H groups in total. The quantitative estimate of drug-likeness (QED) is 0.586. The van der Waals surface area contributed by atoms with Crippen molar-refractivity contribution >= 4 is 17.6 Å². The van der Waals surface area contributed by atoms with Crippen molar-refractivity contribution < 1.29 is 19.6 Å². The van der Waals surface area contributed by atoms with E-state index >= 15 is 0 Å². The first-order chi connectivity index (χ1) is 10.8. The number of carboxylic acid groups (broad SMARTS) is 1. The molecule has 0 fully saturated rings. The van der Waals surface area contributed by atoms with Crippen LogP contribution in [-0.4, -0.2) is 34.5 Å². The van der Waals surface area contributed by atoms with Gasteiger partial charge < -0.3 is 10.0 Å². The summed E-state index contributed by atoms with van der Waals surface area (Å²) in [5, 5.41) is 19.8. The Morgan fingerprint density at radius 1 is 1.35 bits per heavy atom. The Kier molecular flexibility index (Phi) is 6.68. The number of nitrogens with zero attached hydrogens (tertiary/aromatic N) is 2. The summed E-state index contributed by atoms with van der Waals surface area (Å²) in [7, 11) is 0. The second-order valence-corrected chi connectivity index (χ2v) is 5.56. The van der Waals surface area contributed by atoms with E-state index in [9.17, 15) is 19.7 Å². The summed E-state index contributed by atoms with van der Waals surface area (Å²) < 4.78 is 0. The van der Waals surface area contributed by atoms with E-state index in [1.54, 1.807) is 6.07 Å². The normalized spacial score (nSPS) is 10.6. The summed E-state index contributed by atoms with van der Waals surface area (Å²) in [5.41, 5.74) is 1.10. The van der Waals surface area contributed by atoms with E-state index in [-0.39, 0.29) is 30.5 Å². The Hall–Kier alpha value is -2.44. The Bertz CT molecular complexity index is 598. The van der Waals surface area contributed by atoms with Gasteiger partial charge in [0.2, 0.25) is 12.5 Å². The van der Waals surface area contributed by atoms with Crippen LogP contribution in [0, 0.1) is 10.1 Å². The van der Waals surface area contributed by atoms with Crippen LogP contribution < -0.4 is 4.90 Å². The van der Waals surface area contributed by atoms with Crippen LogP contribution in [-0.2, 0) is 11.2 Å². The van der Waals surface area contributed by atoms with Gasteiger partial charge in [-0.25, -0.2) is 4.79 Å². The number of carbonyl (C=O) groups excluding carboxylic acids is 1. The average molecular weight is 322 g/mol. The van der Waals surface area contributed by atoms with Crippen LogP contribution in [0.4, 0.5) is 5.69 Å². The van der Waals surface area contributed by atoms with Gasteiger partial charge in [0.25, 0.3) is 0 Å². The van der Waals surface area contributed by atoms with Crippen LogP contribution in [0.15, 0.2) is 18.2 Å². The molecule has 1 amide bonds. The van der Waals surface area contributed by atoms with E-state index < -0.39 is 10.9 Å². The number of anilines is 1. The zero-order valence-electron chi connectivity index (χ0n) is 13.6. The fourth-order valence-corrected chi connectivity index (χ4v) is 2.38. The highest BCUT2D eigenvalue weighted by Crippen LogP contribution is 2.26. The van der Waals surface area contributed by atoms with Gasteiger partial charge >= 0.3 is 5.97 Å². The molecule has 0 saturated heterocycles. The molecule has 0 heterocycles. The van der Waals surface area contributed by atoms with Crippen molar-refractivity contribution in [2.75, 3.05) is 11.4 Å². The fraction of sp³-hybridized carbons (Fsp3) is 0.500. The van der Waals surface area contributed by atoms with Crippen molar-refractivity contribution in [3.05, 3.63) is 39.4 Å². The number of carboxylic acids is 1. The van der Waals surface area contributed by atoms with Crippen LogP contribution in [0.2, 0.25) is 0 Å². The van der Waals surface area contributed by atoms with Crippen LogP contribution >= 0.6 is 0 Å². The molecule has 23 heavy (non-hydrogen) atoms. The molecule has 1 rings (SSSR count). The second-order valence-electron chi connectivity index (χ2n) is 5.56. The molecule has 1 aromatic rings. The number of hydrogen-bond acceptors (Lipinski definition) is 4. The molecule has 0 aliphatic rings. The van der Waals surface area contributed by atoms with Crippen molar-refractivity contribution in [2.24, 2.45) is 0 Å². The molecule has 7 nitrogen and oxygen atoms in total. The Morgan fingerprint density at radius 2 is 2.00 bits per heavy atom. The zero-order chi connectivity index (χ0) is 17.6. The molecule has 0 spiro atoms. The molecule has 0 saturated carbocycles. The molecular weight excluding hydrogens is 300 g/mol. The molecule has 7 heteroatoms. The number of nitro groups is 1. The highest BCUT2D eigenvalue weighted by atomic mass is 16.6. The molecule has 0 atom stereocenters. The molecular formula is C16H22N2O5. The van der Waals surface area contributed by atoms with Crippen molar-refractivity contribution in [1.82, 2.24) is 0 Å². The molecule has 0 radical (unpaired) electrons. The number of amides is 1. The lowest BCUT2D eigenvalue weighted by molar-refractivity contribution is -0.479. The SMILES string of the molecule is CCCC(=O)N(c1cc(C(=O)O)ccc1CC[N+](=O)[O-])C(C)C. The summed E-state index contributed by atoms with van der Waals surface area (Å²) in [6.07, 6.45) is 1.15. The van der Waals surface area contributed by atoms with Gasteiger partial charge in [-0.05, 0) is 38.0 Å². The van der Waals surface area contributed by atoms with Gasteiger partial charge in [0, 0.05) is 29.5 Å². The number of aromatic carboxylic acids is 1. The standard InChI is InChI=1S/C16H22N2O5/c1-4-5-15(19)18(11(2)3)14-10-13(16(20)21)7-6-12(14)8-9-17(22)23/h6-7,10-11H,4-5,8-9H2,1-3H3,(H,20,21). The first kappa shape index (κ1) is 18.6. The summed E-state index contributed by atoms with van der Waals surface area (Å²) in [6, 6.07) is 4.21. The smallest absolute Gasteiger partial charge is 0.335 e. The van der Waals surface area contributed by atoms with Crippen molar-refractivity contribution in [2.45, 2.75) is 46.1 Å². The molecule has 0 aliphatic heterocycles. The summed E-state index contributed by atoms with van der Waals surface area (Å²) in [4.78, 5) is 35.3. The maximum absolute atomic E-state index is 12.4. The number of rotatable bonds is 8. The fourth-order valence-electron chi connectivity index (χ4n) is 2.38. The second kappa shape index (κ2) is 8.26. The summed E-state index contributed by atoms with van der Waals surface area (Å²) in [5.74, 6) is -1.22. The lowest BCUT2D eigenvalue weighted by Gasteiger charge is -2.29. The predicted molar refractivity (Wildman–Crippen MR) is 86.5 cm³/mol. The first-order valence-corrected chi connectivity index (χ1v) is 7.58. The van der Waals surface area contributed by atoms with Crippen molar-refractivity contribution in [3.8, 4) is 0 Å². The first-order valence-electron chi connectivity index (χ1n) is 7.58. The van der Waals surface area contributed by atoms with Gasteiger partial charge in [0.15, 0.2) is 0 Å². The zero-order valence-corrected chi connectivity index (χ0v) is 13.6. The van der Waals surface area contributed by atoms with Gasteiger partial charge in [-0.15, -0.1) is 0 Å². The Morgan fingerprint density at radius 3 is 2.48 bits per heavy atom. The van der Waals surface area contributed by atoms with Crippen LogP contribution in [0.1, 0.15) is 49.5 Å². The summed E-state index contributed by atoms with van der Waals surface area (Å²) in [6.45, 7) is 5.28. The number of carbonyl (C=O) groups is 2. The van der Waals surface area contributed by atoms with Crippen molar-refractivity contribution in [1.29, 1.82) is 0 Å². The van der Waals surface area contributed by atoms with E-state index in [0.29, 0.717) is 24.1 Å². The highest BCUT2D eigenvalue weighted by molar-refractivity contribution is 5.97. The maximum Gasteiger partial charge on any atom is 0.335 e. The van der Waals surface area contributed by atoms with Gasteiger partial charge in [0.1, 0.15) is 0 Å². The minimum Gasteiger partial charge on any atom is -0.478 e. The largest absolute Gasteiger partial charge is 0.478 e. The van der Waals surface area contributed by atoms with Gasteiger partial charge in [0.05, 0.1) is 5.56 Å². The molecule has 1 aromatic carbocycles. The minimum atomic E-state index is -1.10. The summed E-state index contributed by atoms with van der Waals surface area (Å²) >= 11 is 0. The Balaban J connectivity index is 3.34. The van der Waals surface area contributed by atoms with Gasteiger partial charge in [-0.2, -0.15) is 0 Å². The van der Waals surface area contributed by atoms with Gasteiger partial charge in [-0.3, -0.25) is 14.9 Å². The third kappa shape index (κ3) is 5.05. The van der Waals surface area contributed by atoms with E-state index in [4.69, 9.17) is 5.11 Å². The molecule has 0 aliphatic carbocycles. The third-order valence-electron chi connectivity index (χ3n) is 3.40. The monoisotopic (exact) mass is 322 g/mol. The average Bonchev–Trinajstić information content (AvgIpc) is 2.45. The van der Waals surface area contributed by atoms with Crippen LogP contribution in [0.5, 0.6) is 0 Å². The van der Waals surface area contributed by atoms with Gasteiger partial charge in [-0.1, -0.05) is 13.0 Å². The number of hydrogen-bond donors (Lipinski definition) is 1. The van der Waals surface area contributed by atoms with Crippen LogP contribution in [0.3, 0.4) is 0 Å². The highest BCUT2D eigenvalue weighted by Gasteiger charge is 2.23. The third-order valence-corrected chi connectivity index (χ3v) is 3.40. The molecule has 0 bridgehead atoms. The minimum absolute atomic E-state index is 0.0554. The van der Waals surface area contributed by atoms with E-state index in [1.807, 2.05) is 20.8 Å². The lowest BCUT2D eigenvalue weighted by atomic mass is 10.0.